The maximum absolute atomic E-state index is 12.6. The molecule has 30 heavy (non-hydrogen) atoms. The molecule has 3 atom stereocenters. The zero-order chi connectivity index (χ0) is 21.9. The zero-order valence-corrected chi connectivity index (χ0v) is 18.2. The van der Waals surface area contributed by atoms with E-state index >= 15 is 0 Å². The number of alkyl halides is 1. The number of hydrogen-bond acceptors (Lipinski definition) is 7. The molecule has 0 unspecified atom stereocenters. The van der Waals surface area contributed by atoms with Crippen molar-refractivity contribution in [3.8, 4) is 5.75 Å². The van der Waals surface area contributed by atoms with E-state index in [4.69, 9.17) is 19.7 Å². The van der Waals surface area contributed by atoms with Gasteiger partial charge < -0.3 is 14.2 Å². The van der Waals surface area contributed by atoms with E-state index in [0.29, 0.717) is 11.3 Å². The third-order valence-corrected chi connectivity index (χ3v) is 5.79. The lowest BCUT2D eigenvalue weighted by atomic mass is 10.1. The first kappa shape index (κ1) is 21.9. The van der Waals surface area contributed by atoms with Gasteiger partial charge in [-0.2, -0.15) is 0 Å². The zero-order valence-electron chi connectivity index (χ0n) is 16.1. The predicted molar refractivity (Wildman–Crippen MR) is 114 cm³/mol. The van der Waals surface area contributed by atoms with Gasteiger partial charge in [-0.25, -0.2) is 9.59 Å². The summed E-state index contributed by atoms with van der Waals surface area (Å²) in [5.74, 6) is -0.0569. The minimum absolute atomic E-state index is 0.0509. The molecule has 158 valence electrons. The number of aryl methyl sites for hydroxylation is 1. The molecule has 11 nitrogen and oxygen atoms in total. The molecule has 1 aliphatic heterocycles. The second-order valence-electron chi connectivity index (χ2n) is 6.58. The molecule has 1 saturated heterocycles. The van der Waals surface area contributed by atoms with E-state index in [2.05, 4.69) is 15.0 Å². The lowest BCUT2D eigenvalue weighted by Gasteiger charge is -2.27. The fourth-order valence-electron chi connectivity index (χ4n) is 3.07. The minimum Gasteiger partial charge on any atom is -0.497 e. The van der Waals surface area contributed by atoms with Gasteiger partial charge in [0.15, 0.2) is 5.72 Å². The van der Waals surface area contributed by atoms with Crippen LogP contribution >= 0.6 is 22.6 Å². The molecule has 1 fully saturated rings. The number of ether oxygens (including phenoxy) is 3. The second-order valence-corrected chi connectivity index (χ2v) is 7.34. The Labute approximate surface area is 183 Å². The standard InChI is InChI=1S/C18H18IN5O6/c1-10-8-24(17(27)21-15(10)25)14-7-13(18(9-19,30-14)22-23-20)29-16(26)11-3-5-12(28-2)6-4-11/h3-6,8,13-14H,7,9H2,1-2H3,(H,21,25,27)/t13-,14+,18+/m0/s1. The van der Waals surface area contributed by atoms with Crippen molar-refractivity contribution in [3.05, 3.63) is 72.9 Å². The molecule has 1 N–H and O–H groups in total. The Morgan fingerprint density at radius 3 is 2.73 bits per heavy atom. The van der Waals surface area contributed by atoms with Crippen molar-refractivity contribution in [1.29, 1.82) is 0 Å². The van der Waals surface area contributed by atoms with Crippen LogP contribution in [-0.4, -0.2) is 38.9 Å². The average Bonchev–Trinajstić information content (AvgIpc) is 3.09. The monoisotopic (exact) mass is 527 g/mol. The van der Waals surface area contributed by atoms with Crippen LogP contribution in [0, 0.1) is 6.92 Å². The van der Waals surface area contributed by atoms with Gasteiger partial charge in [-0.15, -0.1) is 0 Å². The number of nitrogens with zero attached hydrogens (tertiary/aromatic N) is 4. The highest BCUT2D eigenvalue weighted by atomic mass is 127. The fraction of sp³-hybridized carbons (Fsp3) is 0.389. The van der Waals surface area contributed by atoms with Crippen molar-refractivity contribution in [2.24, 2.45) is 5.11 Å². The lowest BCUT2D eigenvalue weighted by Crippen LogP contribution is -2.41. The first-order valence-corrected chi connectivity index (χ1v) is 10.3. The molecule has 0 saturated carbocycles. The number of methoxy groups -OCH3 is 1. The van der Waals surface area contributed by atoms with E-state index in [1.807, 2.05) is 22.6 Å². The molecule has 2 heterocycles. The average molecular weight is 527 g/mol. The highest BCUT2D eigenvalue weighted by molar-refractivity contribution is 14.1. The van der Waals surface area contributed by atoms with Crippen LogP contribution < -0.4 is 16.0 Å². The first-order valence-electron chi connectivity index (χ1n) is 8.80. The Morgan fingerprint density at radius 1 is 1.43 bits per heavy atom. The summed E-state index contributed by atoms with van der Waals surface area (Å²) in [4.78, 5) is 41.6. The van der Waals surface area contributed by atoms with Gasteiger partial charge in [0, 0.05) is 27.5 Å². The summed E-state index contributed by atoms with van der Waals surface area (Å²) < 4.78 is 17.9. The molecule has 1 aliphatic rings. The molecule has 0 aliphatic carbocycles. The number of benzene rings is 1. The molecule has 0 amide bonds. The van der Waals surface area contributed by atoms with Crippen LogP contribution in [0.3, 0.4) is 0 Å². The maximum Gasteiger partial charge on any atom is 0.338 e. The number of aromatic nitrogens is 2. The summed E-state index contributed by atoms with van der Waals surface area (Å²) in [6.07, 6.45) is -0.450. The van der Waals surface area contributed by atoms with E-state index < -0.39 is 35.3 Å². The van der Waals surface area contributed by atoms with Crippen molar-refractivity contribution in [2.75, 3.05) is 11.5 Å². The maximum atomic E-state index is 12.6. The number of esters is 1. The summed E-state index contributed by atoms with van der Waals surface area (Å²) >= 11 is 1.96. The van der Waals surface area contributed by atoms with Crippen LogP contribution in [0.5, 0.6) is 5.75 Å². The minimum atomic E-state index is -1.51. The number of H-pyrrole nitrogens is 1. The van der Waals surface area contributed by atoms with Gasteiger partial charge in [0.25, 0.3) is 5.56 Å². The van der Waals surface area contributed by atoms with Crippen LogP contribution in [0.25, 0.3) is 10.4 Å². The van der Waals surface area contributed by atoms with Crippen molar-refractivity contribution >= 4 is 28.6 Å². The van der Waals surface area contributed by atoms with Gasteiger partial charge in [-0.1, -0.05) is 27.7 Å². The van der Waals surface area contributed by atoms with Crippen LogP contribution in [0.2, 0.25) is 0 Å². The number of carbonyl (C=O) groups is 1. The Hall–Kier alpha value is -2.83. The summed E-state index contributed by atoms with van der Waals surface area (Å²) in [5, 5.41) is 3.74. The summed E-state index contributed by atoms with van der Waals surface area (Å²) in [7, 11) is 1.51. The number of aromatic amines is 1. The highest BCUT2D eigenvalue weighted by Crippen LogP contribution is 2.41. The molecular formula is C18H18IN5O6. The number of carbonyl (C=O) groups excluding carboxylic acids is 1. The van der Waals surface area contributed by atoms with Gasteiger partial charge in [0.2, 0.25) is 0 Å². The molecule has 0 radical (unpaired) electrons. The van der Waals surface area contributed by atoms with Gasteiger partial charge in [-0.3, -0.25) is 14.3 Å². The van der Waals surface area contributed by atoms with Crippen molar-refractivity contribution in [1.82, 2.24) is 9.55 Å². The number of hydrogen-bond donors (Lipinski definition) is 1. The highest BCUT2D eigenvalue weighted by Gasteiger charge is 2.51. The molecule has 1 aromatic heterocycles. The number of nitrogens with one attached hydrogen (secondary N) is 1. The van der Waals surface area contributed by atoms with Crippen molar-refractivity contribution in [3.63, 3.8) is 0 Å². The largest absolute Gasteiger partial charge is 0.497 e. The lowest BCUT2D eigenvalue weighted by molar-refractivity contribution is -0.0865. The van der Waals surface area contributed by atoms with Crippen molar-refractivity contribution < 1.29 is 19.0 Å². The van der Waals surface area contributed by atoms with Crippen LogP contribution in [0.15, 0.2) is 45.2 Å². The van der Waals surface area contributed by atoms with E-state index in [1.54, 1.807) is 31.2 Å². The smallest absolute Gasteiger partial charge is 0.338 e. The molecular weight excluding hydrogens is 509 g/mol. The second kappa shape index (κ2) is 8.90. The number of azide groups is 1. The Balaban J connectivity index is 1.92. The number of rotatable bonds is 6. The summed E-state index contributed by atoms with van der Waals surface area (Å²) in [6.45, 7) is 1.55. The van der Waals surface area contributed by atoms with Crippen LogP contribution in [0.1, 0.15) is 28.6 Å². The molecule has 2 aromatic rings. The Kier molecular flexibility index (Phi) is 6.48. The van der Waals surface area contributed by atoms with Crippen LogP contribution in [-0.2, 0) is 9.47 Å². The van der Waals surface area contributed by atoms with Gasteiger partial charge in [-0.05, 0) is 36.7 Å². The molecule has 1 aromatic carbocycles. The predicted octanol–water partition coefficient (Wildman–Crippen LogP) is 2.44. The summed E-state index contributed by atoms with van der Waals surface area (Å²) in [5.41, 5.74) is 6.93. The van der Waals surface area contributed by atoms with Gasteiger partial charge in [0.05, 0.1) is 12.7 Å². The quantitative estimate of drug-likeness (QED) is 0.152. The van der Waals surface area contributed by atoms with E-state index in [1.165, 1.54) is 17.9 Å². The molecule has 0 spiro atoms. The van der Waals surface area contributed by atoms with E-state index in [0.717, 1.165) is 0 Å². The van der Waals surface area contributed by atoms with E-state index in [-0.39, 0.29) is 16.4 Å². The van der Waals surface area contributed by atoms with E-state index in [9.17, 15) is 14.4 Å². The van der Waals surface area contributed by atoms with Gasteiger partial charge in [0.1, 0.15) is 18.1 Å². The molecule has 3 rings (SSSR count). The third kappa shape index (κ3) is 4.20. The Bertz CT molecular complexity index is 1110. The molecule has 12 heteroatoms. The fourth-order valence-corrected chi connectivity index (χ4v) is 3.89. The molecule has 0 bridgehead atoms. The third-order valence-electron chi connectivity index (χ3n) is 4.70. The number of halogens is 1. The van der Waals surface area contributed by atoms with Gasteiger partial charge >= 0.3 is 11.7 Å². The topological polar surface area (TPSA) is 148 Å². The first-order chi connectivity index (χ1) is 14.3. The SMILES string of the molecule is COc1ccc(C(=O)O[C@H]2C[C@H](n3cc(C)c(=O)[nH]c3=O)O[C@@]2(CI)N=[N+]=[N-])cc1. The van der Waals surface area contributed by atoms with Crippen molar-refractivity contribution in [2.45, 2.75) is 31.4 Å². The summed E-state index contributed by atoms with van der Waals surface area (Å²) in [6, 6.07) is 6.32. The normalized spacial score (nSPS) is 22.9. The van der Waals surface area contributed by atoms with Crippen LogP contribution in [0.4, 0.5) is 0 Å². The Morgan fingerprint density at radius 2 is 2.13 bits per heavy atom.